The van der Waals surface area contributed by atoms with Crippen molar-refractivity contribution in [3.8, 4) is 5.75 Å². The monoisotopic (exact) mass is 447 g/mol. The topological polar surface area (TPSA) is 96.0 Å². The highest BCUT2D eigenvalue weighted by atomic mass is 32.2. The second-order valence-corrected chi connectivity index (χ2v) is 8.92. The van der Waals surface area contributed by atoms with Gasteiger partial charge < -0.3 is 15.0 Å². The van der Waals surface area contributed by atoms with Gasteiger partial charge in [0.15, 0.2) is 0 Å². The van der Waals surface area contributed by atoms with E-state index >= 15 is 0 Å². The van der Waals surface area contributed by atoms with Crippen LogP contribution in [0.2, 0.25) is 0 Å². The first kappa shape index (κ1) is 24.2. The van der Waals surface area contributed by atoms with Crippen LogP contribution in [0.25, 0.3) is 0 Å². The van der Waals surface area contributed by atoms with Gasteiger partial charge in [0.25, 0.3) is 0 Å². The first-order valence-corrected chi connectivity index (χ1v) is 11.7. The second-order valence-electron chi connectivity index (χ2n) is 7.02. The van der Waals surface area contributed by atoms with Crippen molar-refractivity contribution in [3.63, 3.8) is 0 Å². The molecule has 0 unspecified atom stereocenters. The molecule has 0 aliphatic carbocycles. The van der Waals surface area contributed by atoms with Crippen LogP contribution < -0.4 is 14.4 Å². The van der Waals surface area contributed by atoms with Crippen molar-refractivity contribution in [1.82, 2.24) is 10.2 Å². The highest BCUT2D eigenvalue weighted by Gasteiger charge is 2.31. The highest BCUT2D eigenvalue weighted by Crippen LogP contribution is 2.20. The van der Waals surface area contributed by atoms with Crippen LogP contribution in [0.1, 0.15) is 18.9 Å². The fraction of sp³-hybridized carbons (Fsp3) is 0.364. The van der Waals surface area contributed by atoms with E-state index in [4.69, 9.17) is 4.74 Å². The van der Waals surface area contributed by atoms with E-state index in [2.05, 4.69) is 5.32 Å². The molecule has 8 nitrogen and oxygen atoms in total. The summed E-state index contributed by atoms with van der Waals surface area (Å²) in [6.45, 7) is 1.52. The lowest BCUT2D eigenvalue weighted by molar-refractivity contribution is -0.140. The molecule has 0 saturated heterocycles. The van der Waals surface area contributed by atoms with Gasteiger partial charge in [0.05, 0.1) is 19.1 Å². The van der Waals surface area contributed by atoms with Gasteiger partial charge in [0.2, 0.25) is 21.8 Å². The summed E-state index contributed by atoms with van der Waals surface area (Å²) >= 11 is 0. The zero-order chi connectivity index (χ0) is 23.0. The van der Waals surface area contributed by atoms with Gasteiger partial charge in [0.1, 0.15) is 18.3 Å². The number of methoxy groups -OCH3 is 1. The molecule has 2 amide bonds. The quantitative estimate of drug-likeness (QED) is 0.601. The summed E-state index contributed by atoms with van der Waals surface area (Å²) in [5.41, 5.74) is 1.15. The van der Waals surface area contributed by atoms with E-state index in [1.54, 1.807) is 62.6 Å². The number of ether oxygens (including phenoxy) is 1. The van der Waals surface area contributed by atoms with Gasteiger partial charge in [-0.15, -0.1) is 0 Å². The maximum atomic E-state index is 13.4. The van der Waals surface area contributed by atoms with Crippen molar-refractivity contribution in [2.45, 2.75) is 25.9 Å². The minimum atomic E-state index is -3.72. The average Bonchev–Trinajstić information content (AvgIpc) is 2.76. The van der Waals surface area contributed by atoms with E-state index in [0.717, 1.165) is 16.1 Å². The van der Waals surface area contributed by atoms with Crippen LogP contribution in [-0.4, -0.2) is 58.1 Å². The van der Waals surface area contributed by atoms with Gasteiger partial charge in [-0.25, -0.2) is 8.42 Å². The third kappa shape index (κ3) is 6.45. The fourth-order valence-corrected chi connectivity index (χ4v) is 4.11. The van der Waals surface area contributed by atoms with Crippen molar-refractivity contribution in [2.24, 2.45) is 0 Å². The van der Waals surface area contributed by atoms with E-state index in [1.165, 1.54) is 11.9 Å². The van der Waals surface area contributed by atoms with Crippen molar-refractivity contribution in [1.29, 1.82) is 0 Å². The molecule has 31 heavy (non-hydrogen) atoms. The molecule has 0 heterocycles. The molecule has 168 valence electrons. The lowest BCUT2D eigenvalue weighted by Crippen LogP contribution is -2.51. The van der Waals surface area contributed by atoms with Crippen LogP contribution in [0, 0.1) is 0 Å². The fourth-order valence-electron chi connectivity index (χ4n) is 3.26. The van der Waals surface area contributed by atoms with Gasteiger partial charge in [-0.05, 0) is 36.2 Å². The SMILES string of the molecule is CC[C@@H](C(=O)NC)N(Cc1cccc(OC)c1)C(=O)CN(c1ccccc1)S(C)(=O)=O. The van der Waals surface area contributed by atoms with E-state index < -0.39 is 28.5 Å². The number of carbonyl (C=O) groups excluding carboxylic acids is 2. The van der Waals surface area contributed by atoms with E-state index in [0.29, 0.717) is 17.9 Å². The molecule has 0 aliphatic rings. The zero-order valence-corrected chi connectivity index (χ0v) is 19.1. The van der Waals surface area contributed by atoms with Gasteiger partial charge in [0, 0.05) is 13.6 Å². The van der Waals surface area contributed by atoms with Crippen molar-refractivity contribution in [3.05, 3.63) is 60.2 Å². The molecule has 0 aromatic heterocycles. The van der Waals surface area contributed by atoms with Gasteiger partial charge >= 0.3 is 0 Å². The van der Waals surface area contributed by atoms with Crippen molar-refractivity contribution < 1.29 is 22.7 Å². The number of hydrogen-bond acceptors (Lipinski definition) is 5. The number of nitrogens with one attached hydrogen (secondary N) is 1. The van der Waals surface area contributed by atoms with Gasteiger partial charge in [-0.1, -0.05) is 37.3 Å². The Hall–Kier alpha value is -3.07. The largest absolute Gasteiger partial charge is 0.497 e. The number of sulfonamides is 1. The van der Waals surface area contributed by atoms with E-state index in [-0.39, 0.29) is 12.5 Å². The predicted octanol–water partition coefficient (Wildman–Crippen LogP) is 2.01. The first-order chi connectivity index (χ1) is 14.7. The first-order valence-electron chi connectivity index (χ1n) is 9.88. The van der Waals surface area contributed by atoms with Crippen molar-refractivity contribution in [2.75, 3.05) is 31.3 Å². The lowest BCUT2D eigenvalue weighted by atomic mass is 10.1. The summed E-state index contributed by atoms with van der Waals surface area (Å²) in [5.74, 6) is -0.170. The maximum Gasteiger partial charge on any atom is 0.244 e. The minimum absolute atomic E-state index is 0.133. The molecule has 2 aromatic carbocycles. The molecule has 0 fully saturated rings. The summed E-state index contributed by atoms with van der Waals surface area (Å²) in [6, 6.07) is 14.8. The predicted molar refractivity (Wildman–Crippen MR) is 120 cm³/mol. The van der Waals surface area contributed by atoms with Crippen LogP contribution in [-0.2, 0) is 26.2 Å². The van der Waals surface area contributed by atoms with Crippen LogP contribution in [0.5, 0.6) is 5.75 Å². The normalized spacial score (nSPS) is 12.0. The summed E-state index contributed by atoms with van der Waals surface area (Å²) in [5, 5.41) is 2.59. The second kappa shape index (κ2) is 10.8. The molecular formula is C22H29N3O5S. The molecule has 0 bridgehead atoms. The van der Waals surface area contributed by atoms with Crippen LogP contribution in [0.3, 0.4) is 0 Å². The summed E-state index contributed by atoms with van der Waals surface area (Å²) in [4.78, 5) is 27.3. The Kier molecular flexibility index (Phi) is 8.44. The number of carbonyl (C=O) groups is 2. The molecule has 2 rings (SSSR count). The van der Waals surface area contributed by atoms with E-state index in [1.807, 2.05) is 6.07 Å². The van der Waals surface area contributed by atoms with Crippen LogP contribution in [0.4, 0.5) is 5.69 Å². The van der Waals surface area contributed by atoms with Crippen LogP contribution in [0.15, 0.2) is 54.6 Å². The highest BCUT2D eigenvalue weighted by molar-refractivity contribution is 7.92. The number of anilines is 1. The zero-order valence-electron chi connectivity index (χ0n) is 18.2. The third-order valence-corrected chi connectivity index (χ3v) is 5.98. The number of nitrogens with zero attached hydrogens (tertiary/aromatic N) is 2. The Labute approximate surface area is 183 Å². The molecule has 0 aliphatic heterocycles. The van der Waals surface area contributed by atoms with E-state index in [9.17, 15) is 18.0 Å². The number of para-hydroxylation sites is 1. The van der Waals surface area contributed by atoms with Crippen LogP contribution >= 0.6 is 0 Å². The minimum Gasteiger partial charge on any atom is -0.497 e. The molecule has 0 radical (unpaired) electrons. The van der Waals surface area contributed by atoms with Crippen molar-refractivity contribution >= 4 is 27.5 Å². The third-order valence-electron chi connectivity index (χ3n) is 4.84. The molecular weight excluding hydrogens is 418 g/mol. The lowest BCUT2D eigenvalue weighted by Gasteiger charge is -2.32. The Morgan fingerprint density at radius 2 is 1.77 bits per heavy atom. The maximum absolute atomic E-state index is 13.4. The number of likely N-dealkylation sites (N-methyl/N-ethyl adjacent to an activating group) is 1. The van der Waals surface area contributed by atoms with Gasteiger partial charge in [-0.3, -0.25) is 13.9 Å². The molecule has 1 N–H and O–H groups in total. The molecule has 0 spiro atoms. The average molecular weight is 448 g/mol. The number of rotatable bonds is 10. The molecule has 1 atom stereocenters. The number of hydrogen-bond donors (Lipinski definition) is 1. The summed E-state index contributed by atoms with van der Waals surface area (Å²) in [7, 11) is -0.670. The Balaban J connectivity index is 2.41. The number of amides is 2. The molecule has 2 aromatic rings. The summed E-state index contributed by atoms with van der Waals surface area (Å²) < 4.78 is 31.1. The smallest absolute Gasteiger partial charge is 0.244 e. The standard InChI is InChI=1S/C22H29N3O5S/c1-5-20(22(27)23-2)24(15-17-10-9-13-19(14-17)30-3)21(26)16-25(31(4,28)29)18-11-7-6-8-12-18/h6-14,20H,5,15-16H2,1-4H3,(H,23,27)/t20-/m0/s1. The Morgan fingerprint density at radius 1 is 1.10 bits per heavy atom. The van der Waals surface area contributed by atoms with Gasteiger partial charge in [-0.2, -0.15) is 0 Å². The molecule has 0 saturated carbocycles. The summed E-state index contributed by atoms with van der Waals surface area (Å²) in [6.07, 6.45) is 1.43. The number of benzene rings is 2. The molecule has 9 heteroatoms. The Morgan fingerprint density at radius 3 is 2.32 bits per heavy atom. The Bertz CT molecular complexity index is 995.